The Labute approximate surface area is 162 Å². The summed E-state index contributed by atoms with van der Waals surface area (Å²) in [6.07, 6.45) is 2.16. The molecule has 0 bridgehead atoms. The Balaban J connectivity index is 2.39. The van der Waals surface area contributed by atoms with Gasteiger partial charge in [-0.1, -0.05) is 32.1 Å². The zero-order chi connectivity index (χ0) is 20.5. The zero-order valence-corrected chi connectivity index (χ0v) is 17.3. The third kappa shape index (κ3) is 4.33. The maximum absolute atomic E-state index is 12.6. The van der Waals surface area contributed by atoms with Crippen LogP contribution in [0.5, 0.6) is 0 Å². The van der Waals surface area contributed by atoms with E-state index in [9.17, 15) is 14.4 Å². The summed E-state index contributed by atoms with van der Waals surface area (Å²) < 4.78 is 11.4. The van der Waals surface area contributed by atoms with Crippen LogP contribution in [0.2, 0.25) is 0 Å². The molecule has 150 valence electrons. The Morgan fingerprint density at radius 2 is 1.74 bits per heavy atom. The van der Waals surface area contributed by atoms with Crippen LogP contribution in [0.15, 0.2) is 23.8 Å². The van der Waals surface area contributed by atoms with Gasteiger partial charge < -0.3 is 9.47 Å². The van der Waals surface area contributed by atoms with E-state index in [0.717, 1.165) is 5.57 Å². The third-order valence-electron chi connectivity index (χ3n) is 6.20. The zero-order valence-electron chi connectivity index (χ0n) is 17.3. The van der Waals surface area contributed by atoms with Gasteiger partial charge in [0.05, 0.1) is 5.92 Å². The van der Waals surface area contributed by atoms with Gasteiger partial charge in [0, 0.05) is 24.8 Å². The molecule has 0 N–H and O–H groups in total. The molecule has 27 heavy (non-hydrogen) atoms. The second-order valence-electron chi connectivity index (χ2n) is 8.30. The van der Waals surface area contributed by atoms with Crippen molar-refractivity contribution in [2.45, 2.75) is 66.6 Å². The van der Waals surface area contributed by atoms with Gasteiger partial charge in [-0.25, -0.2) is 4.79 Å². The van der Waals surface area contributed by atoms with Gasteiger partial charge in [-0.3, -0.25) is 9.59 Å². The van der Waals surface area contributed by atoms with E-state index in [1.165, 1.54) is 6.92 Å². The minimum atomic E-state index is -0.464. The molecule has 0 aromatic carbocycles. The van der Waals surface area contributed by atoms with Crippen LogP contribution in [0.25, 0.3) is 0 Å². The van der Waals surface area contributed by atoms with E-state index in [4.69, 9.17) is 9.47 Å². The van der Waals surface area contributed by atoms with Gasteiger partial charge in [0.2, 0.25) is 0 Å². The van der Waals surface area contributed by atoms with Crippen LogP contribution in [0.4, 0.5) is 0 Å². The highest BCUT2D eigenvalue weighted by molar-refractivity contribution is 5.88. The fourth-order valence-electron chi connectivity index (χ4n) is 5.00. The van der Waals surface area contributed by atoms with Crippen molar-refractivity contribution in [2.24, 2.45) is 29.6 Å². The van der Waals surface area contributed by atoms with E-state index < -0.39 is 12.0 Å². The molecule has 0 saturated heterocycles. The number of Topliss-reactive ketones (excluding diaryl/α,β-unsaturated/α-hetero) is 1. The molecule has 0 aromatic rings. The number of carbonyl (C=O) groups excluding carboxylic acids is 3. The first-order valence-corrected chi connectivity index (χ1v) is 9.77. The smallest absolute Gasteiger partial charge is 0.333 e. The third-order valence-corrected chi connectivity index (χ3v) is 6.20. The lowest BCUT2D eigenvalue weighted by Gasteiger charge is -2.44. The predicted molar refractivity (Wildman–Crippen MR) is 103 cm³/mol. The second-order valence-corrected chi connectivity index (χ2v) is 8.30. The predicted octanol–water partition coefficient (Wildman–Crippen LogP) is 3.87. The van der Waals surface area contributed by atoms with Crippen molar-refractivity contribution in [3.63, 3.8) is 0 Å². The molecule has 6 atom stereocenters. The molecule has 0 aromatic heterocycles. The van der Waals surface area contributed by atoms with Crippen molar-refractivity contribution >= 4 is 17.7 Å². The maximum Gasteiger partial charge on any atom is 0.333 e. The van der Waals surface area contributed by atoms with E-state index in [2.05, 4.69) is 20.4 Å². The number of ether oxygens (including phenoxy) is 2. The Morgan fingerprint density at radius 3 is 2.22 bits per heavy atom. The molecule has 5 heteroatoms. The number of ketones is 1. The summed E-state index contributed by atoms with van der Waals surface area (Å²) >= 11 is 0. The minimum Gasteiger partial charge on any atom is -0.462 e. The molecule has 2 rings (SSSR count). The van der Waals surface area contributed by atoms with Gasteiger partial charge in [-0.15, -0.1) is 0 Å². The molecular formula is C22H32O5. The minimum absolute atomic E-state index is 0.0142. The Kier molecular flexibility index (Phi) is 6.66. The van der Waals surface area contributed by atoms with Crippen molar-refractivity contribution in [2.75, 3.05) is 0 Å². The molecule has 0 aliphatic heterocycles. The van der Waals surface area contributed by atoms with Crippen LogP contribution in [-0.4, -0.2) is 29.9 Å². The molecule has 0 spiro atoms. The SMILES string of the molecule is C=C1C[C@@H](OC(C)=O)[C@@H](C(C)C)[C@@H]2[C@@H](C(C)=O)[C@@H](OC(=O)/C(C)=C\C)C[C@@H]12. The quantitative estimate of drug-likeness (QED) is 0.414. The number of esters is 2. The number of carbonyl (C=O) groups is 3. The average molecular weight is 376 g/mol. The summed E-state index contributed by atoms with van der Waals surface area (Å²) in [6, 6.07) is 0. The topological polar surface area (TPSA) is 69.7 Å². The number of hydrogen-bond donors (Lipinski definition) is 0. The molecular weight excluding hydrogens is 344 g/mol. The molecule has 0 radical (unpaired) electrons. The lowest BCUT2D eigenvalue weighted by Crippen LogP contribution is -2.46. The van der Waals surface area contributed by atoms with Gasteiger partial charge >= 0.3 is 11.9 Å². The van der Waals surface area contributed by atoms with Crippen LogP contribution in [0.3, 0.4) is 0 Å². The number of rotatable bonds is 5. The number of allylic oxidation sites excluding steroid dienone is 1. The Hall–Kier alpha value is -1.91. The molecule has 0 amide bonds. The Bertz CT molecular complexity index is 660. The molecule has 2 aliphatic rings. The van der Waals surface area contributed by atoms with Crippen molar-refractivity contribution in [3.8, 4) is 0 Å². The summed E-state index contributed by atoms with van der Waals surface area (Å²) in [7, 11) is 0. The van der Waals surface area contributed by atoms with Crippen molar-refractivity contribution in [3.05, 3.63) is 23.8 Å². The molecule has 2 fully saturated rings. The second kappa shape index (κ2) is 8.41. The van der Waals surface area contributed by atoms with E-state index in [0.29, 0.717) is 18.4 Å². The molecule has 2 aliphatic carbocycles. The first kappa shape index (κ1) is 21.4. The average Bonchev–Trinajstić information content (AvgIpc) is 2.92. The fraction of sp³-hybridized carbons (Fsp3) is 0.682. The summed E-state index contributed by atoms with van der Waals surface area (Å²) in [4.78, 5) is 36.5. The van der Waals surface area contributed by atoms with Gasteiger partial charge in [0.25, 0.3) is 0 Å². The highest BCUT2D eigenvalue weighted by Gasteiger charge is 2.56. The fourth-order valence-corrected chi connectivity index (χ4v) is 5.00. The summed E-state index contributed by atoms with van der Waals surface area (Å²) in [5.41, 5.74) is 1.51. The van der Waals surface area contributed by atoms with Gasteiger partial charge in [-0.2, -0.15) is 0 Å². The molecule has 0 heterocycles. The van der Waals surface area contributed by atoms with E-state index in [1.54, 1.807) is 26.8 Å². The maximum atomic E-state index is 12.6. The lowest BCUT2D eigenvalue weighted by molar-refractivity contribution is -0.155. The Morgan fingerprint density at radius 1 is 1.11 bits per heavy atom. The summed E-state index contributed by atoms with van der Waals surface area (Å²) in [6.45, 7) is 14.9. The summed E-state index contributed by atoms with van der Waals surface area (Å²) in [5, 5.41) is 0. The number of hydrogen-bond acceptors (Lipinski definition) is 5. The highest BCUT2D eigenvalue weighted by Crippen LogP contribution is 2.54. The first-order valence-electron chi connectivity index (χ1n) is 9.77. The van der Waals surface area contributed by atoms with Gasteiger partial charge in [0.1, 0.15) is 18.0 Å². The monoisotopic (exact) mass is 376 g/mol. The van der Waals surface area contributed by atoms with Crippen molar-refractivity contribution in [1.29, 1.82) is 0 Å². The van der Waals surface area contributed by atoms with Crippen LogP contribution in [0.1, 0.15) is 54.4 Å². The van der Waals surface area contributed by atoms with E-state index in [-0.39, 0.29) is 47.5 Å². The van der Waals surface area contributed by atoms with E-state index >= 15 is 0 Å². The van der Waals surface area contributed by atoms with Crippen LogP contribution in [-0.2, 0) is 23.9 Å². The summed E-state index contributed by atoms with van der Waals surface area (Å²) in [5.74, 6) is -0.755. The van der Waals surface area contributed by atoms with Crippen molar-refractivity contribution in [1.82, 2.24) is 0 Å². The largest absolute Gasteiger partial charge is 0.462 e. The lowest BCUT2D eigenvalue weighted by atomic mass is 9.63. The molecule has 2 saturated carbocycles. The van der Waals surface area contributed by atoms with Crippen LogP contribution >= 0.6 is 0 Å². The highest BCUT2D eigenvalue weighted by atomic mass is 16.5. The first-order chi connectivity index (χ1) is 12.6. The van der Waals surface area contributed by atoms with E-state index in [1.807, 2.05) is 0 Å². The molecule has 0 unspecified atom stereocenters. The number of fused-ring (bicyclic) bond motifs is 1. The standard InChI is InChI=1S/C22H32O5/c1-8-12(4)22(25)27-18-10-16-13(5)9-17(26-15(7)24)19(11(2)3)21(16)20(18)14(6)23/h8,11,16-21H,5,9-10H2,1-4,6-7H3/b12-8-/t16-,17+,18-,19+,20-,21+/m0/s1. The van der Waals surface area contributed by atoms with Crippen LogP contribution < -0.4 is 0 Å². The van der Waals surface area contributed by atoms with Crippen LogP contribution in [0, 0.1) is 29.6 Å². The van der Waals surface area contributed by atoms with Gasteiger partial charge in [-0.05, 0) is 44.9 Å². The normalized spacial score (nSPS) is 33.6. The van der Waals surface area contributed by atoms with Gasteiger partial charge in [0.15, 0.2) is 0 Å². The van der Waals surface area contributed by atoms with Crippen molar-refractivity contribution < 1.29 is 23.9 Å². The molecule has 5 nitrogen and oxygen atoms in total.